The Balaban J connectivity index is 1.70. The molecule has 0 unspecified atom stereocenters. The van der Waals surface area contributed by atoms with Gasteiger partial charge >= 0.3 is 12.1 Å². The number of nitrogens with zero attached hydrogens (tertiary/aromatic N) is 4. The van der Waals surface area contributed by atoms with E-state index in [1.54, 1.807) is 20.8 Å². The lowest BCUT2D eigenvalue weighted by Crippen LogP contribution is -2.40. The molecular formula is C35H42ClF2N5O4SSi. The second-order valence-corrected chi connectivity index (χ2v) is 21.1. The van der Waals surface area contributed by atoms with Gasteiger partial charge in [-0.3, -0.25) is 5.32 Å². The van der Waals surface area contributed by atoms with Gasteiger partial charge in [-0.05, 0) is 77.0 Å². The number of amides is 1. The number of benzene rings is 2. The Morgan fingerprint density at radius 3 is 2.55 bits per heavy atom. The first kappa shape index (κ1) is 36.9. The number of aromatic nitrogens is 2. The number of hydrogen-bond acceptors (Lipinski definition) is 9. The average Bonchev–Trinajstić information content (AvgIpc) is 3.58. The molecule has 0 bridgehead atoms. The number of rotatable bonds is 8. The largest absolute Gasteiger partial charge is 0.462 e. The van der Waals surface area contributed by atoms with Crippen LogP contribution in [0.25, 0.3) is 32.1 Å². The van der Waals surface area contributed by atoms with Crippen molar-refractivity contribution in [2.24, 2.45) is 0 Å². The predicted octanol–water partition coefficient (Wildman–Crippen LogP) is 9.66. The summed E-state index contributed by atoms with van der Waals surface area (Å²) in [6, 6.07) is 4.84. The predicted molar refractivity (Wildman–Crippen MR) is 193 cm³/mol. The molecule has 9 nitrogen and oxygen atoms in total. The monoisotopic (exact) mass is 729 g/mol. The van der Waals surface area contributed by atoms with Gasteiger partial charge in [0.1, 0.15) is 34.6 Å². The summed E-state index contributed by atoms with van der Waals surface area (Å²) in [6.07, 6.45) is 2.71. The van der Waals surface area contributed by atoms with E-state index < -0.39 is 31.6 Å². The van der Waals surface area contributed by atoms with Crippen LogP contribution < -0.4 is 10.1 Å². The first-order valence-electron chi connectivity index (χ1n) is 16.1. The SMILES string of the molecule is CN1CCC[C@H]1COc1ncc2c(CO[Si](C)(C)C(C)(C)C)c(Cl)c(-c3ccc(F)c4sc(NC(=O)OC(C)(C)C)c(C#N)c34)c(F)c2n1. The van der Waals surface area contributed by atoms with Crippen LogP contribution in [0.15, 0.2) is 18.3 Å². The minimum Gasteiger partial charge on any atom is -0.462 e. The number of hydrogen-bond donors (Lipinski definition) is 1. The number of thiophene rings is 1. The molecule has 1 fully saturated rings. The normalized spacial score (nSPS) is 15.9. The van der Waals surface area contributed by atoms with E-state index in [0.29, 0.717) is 17.6 Å². The van der Waals surface area contributed by atoms with Gasteiger partial charge in [0, 0.05) is 34.1 Å². The quantitative estimate of drug-likeness (QED) is 0.179. The highest BCUT2D eigenvalue weighted by Crippen LogP contribution is 2.47. The second-order valence-electron chi connectivity index (χ2n) is 14.9. The number of halogens is 3. The summed E-state index contributed by atoms with van der Waals surface area (Å²) in [6.45, 7) is 17.0. The third-order valence-corrected chi connectivity index (χ3v) is 15.3. The smallest absolute Gasteiger partial charge is 0.412 e. The van der Waals surface area contributed by atoms with Crippen LogP contribution in [0.5, 0.6) is 6.01 Å². The third-order valence-electron chi connectivity index (χ3n) is 9.25. The Bertz CT molecular complexity index is 1970. The highest BCUT2D eigenvalue weighted by atomic mass is 35.5. The standard InChI is InChI=1S/C35H42ClF2N5O4SSi/c1-34(2,3)47-33(44)42-31-21(15-39)25-20(12-13-24(37)30(25)48-31)26-27(36)23(18-46-49(8,9)35(4,5)6)22-16-40-32(41-29(22)28(26)38)45-17-19-11-10-14-43(19)7/h12-13,16,19H,10-11,14,17-18H2,1-9H3,(H,42,44)/t19-/m0/s1. The van der Waals surface area contributed by atoms with Crippen molar-refractivity contribution in [3.05, 3.63) is 46.1 Å². The summed E-state index contributed by atoms with van der Waals surface area (Å²) in [7, 11) is -0.284. The summed E-state index contributed by atoms with van der Waals surface area (Å²) in [5, 5.41) is 13.3. The molecule has 49 heavy (non-hydrogen) atoms. The molecule has 1 saturated heterocycles. The Morgan fingerprint density at radius 1 is 1.22 bits per heavy atom. The first-order chi connectivity index (χ1) is 22.8. The van der Waals surface area contributed by atoms with Gasteiger partial charge in [0.25, 0.3) is 0 Å². The molecule has 2 aromatic heterocycles. The molecule has 1 aliphatic heterocycles. The van der Waals surface area contributed by atoms with Gasteiger partial charge in [-0.15, -0.1) is 11.3 Å². The van der Waals surface area contributed by atoms with Gasteiger partial charge in [-0.1, -0.05) is 38.4 Å². The maximum absolute atomic E-state index is 17.0. The number of anilines is 1. The van der Waals surface area contributed by atoms with Crippen LogP contribution >= 0.6 is 22.9 Å². The molecule has 3 heterocycles. The number of ether oxygens (including phenoxy) is 2. The molecule has 1 aliphatic rings. The molecule has 1 N–H and O–H groups in total. The molecule has 1 atom stereocenters. The summed E-state index contributed by atoms with van der Waals surface area (Å²) in [5.74, 6) is -1.43. The van der Waals surface area contributed by atoms with E-state index in [9.17, 15) is 10.1 Å². The minimum absolute atomic E-state index is 0.0117. The lowest BCUT2D eigenvalue weighted by Gasteiger charge is -2.36. The zero-order chi connectivity index (χ0) is 36.1. The van der Waals surface area contributed by atoms with Crippen molar-refractivity contribution >= 4 is 63.3 Å². The Kier molecular flexibility index (Phi) is 10.3. The van der Waals surface area contributed by atoms with Crippen molar-refractivity contribution in [2.75, 3.05) is 25.5 Å². The average molecular weight is 730 g/mol. The fourth-order valence-electron chi connectivity index (χ4n) is 5.49. The van der Waals surface area contributed by atoms with E-state index in [1.807, 2.05) is 7.05 Å². The van der Waals surface area contributed by atoms with Crippen LogP contribution in [0.3, 0.4) is 0 Å². The zero-order valence-electron chi connectivity index (χ0n) is 29.3. The molecule has 0 aliphatic carbocycles. The van der Waals surface area contributed by atoms with Gasteiger partial charge in [-0.2, -0.15) is 10.2 Å². The lowest BCUT2D eigenvalue weighted by atomic mass is 9.95. The van der Waals surface area contributed by atoms with Crippen molar-refractivity contribution < 1.29 is 27.5 Å². The van der Waals surface area contributed by atoms with Crippen LogP contribution in [-0.2, 0) is 15.8 Å². The van der Waals surface area contributed by atoms with Crippen LogP contribution in [0.1, 0.15) is 65.5 Å². The van der Waals surface area contributed by atoms with Crippen molar-refractivity contribution in [1.82, 2.24) is 14.9 Å². The number of carbonyl (C=O) groups is 1. The molecule has 2 aromatic carbocycles. The van der Waals surface area contributed by atoms with E-state index >= 15 is 8.78 Å². The summed E-state index contributed by atoms with van der Waals surface area (Å²) in [4.78, 5) is 23.8. The maximum atomic E-state index is 17.0. The van der Waals surface area contributed by atoms with Crippen molar-refractivity contribution in [3.8, 4) is 23.2 Å². The first-order valence-corrected chi connectivity index (χ1v) is 20.2. The van der Waals surface area contributed by atoms with Gasteiger partial charge in [0.15, 0.2) is 14.1 Å². The molecule has 4 aromatic rings. The van der Waals surface area contributed by atoms with Gasteiger partial charge < -0.3 is 18.8 Å². The summed E-state index contributed by atoms with van der Waals surface area (Å²) < 4.78 is 50.3. The van der Waals surface area contributed by atoms with Crippen LogP contribution in [0.2, 0.25) is 23.2 Å². The van der Waals surface area contributed by atoms with Crippen molar-refractivity contribution in [3.63, 3.8) is 0 Å². The Hall–Kier alpha value is -3.41. The number of likely N-dealkylation sites (tertiary alicyclic amines) is 1. The Labute approximate surface area is 295 Å². The summed E-state index contributed by atoms with van der Waals surface area (Å²) >= 11 is 7.96. The fraction of sp³-hybridized carbons (Fsp3) is 0.486. The molecule has 0 saturated carbocycles. The van der Waals surface area contributed by atoms with E-state index in [1.165, 1.54) is 18.3 Å². The van der Waals surface area contributed by atoms with Crippen LogP contribution in [-0.4, -0.2) is 61.1 Å². The van der Waals surface area contributed by atoms with E-state index in [4.69, 9.17) is 25.5 Å². The highest BCUT2D eigenvalue weighted by Gasteiger charge is 2.38. The van der Waals surface area contributed by atoms with Crippen LogP contribution in [0.4, 0.5) is 18.6 Å². The lowest BCUT2D eigenvalue weighted by molar-refractivity contribution is 0.0636. The molecule has 14 heteroatoms. The fourth-order valence-corrected chi connectivity index (χ4v) is 7.83. The van der Waals surface area contributed by atoms with E-state index in [2.05, 4.69) is 60.1 Å². The molecular weight excluding hydrogens is 688 g/mol. The molecule has 0 radical (unpaired) electrons. The topological polar surface area (TPSA) is 110 Å². The number of fused-ring (bicyclic) bond motifs is 2. The van der Waals surface area contributed by atoms with E-state index in [-0.39, 0.29) is 66.0 Å². The van der Waals surface area contributed by atoms with E-state index in [0.717, 1.165) is 30.7 Å². The Morgan fingerprint density at radius 2 is 1.94 bits per heavy atom. The number of nitrogens with one attached hydrogen (secondary N) is 1. The molecule has 262 valence electrons. The second kappa shape index (κ2) is 13.7. The maximum Gasteiger partial charge on any atom is 0.412 e. The number of carbonyl (C=O) groups excluding carboxylic acids is 1. The van der Waals surface area contributed by atoms with Crippen molar-refractivity contribution in [2.45, 2.75) is 90.8 Å². The van der Waals surface area contributed by atoms with Gasteiger partial charge in [0.2, 0.25) is 0 Å². The third kappa shape index (κ3) is 7.54. The summed E-state index contributed by atoms with van der Waals surface area (Å²) in [5.41, 5.74) is -0.372. The minimum atomic E-state index is -2.31. The van der Waals surface area contributed by atoms with Gasteiger partial charge in [-0.25, -0.2) is 18.6 Å². The molecule has 5 rings (SSSR count). The van der Waals surface area contributed by atoms with Crippen LogP contribution in [0, 0.1) is 23.0 Å². The van der Waals surface area contributed by atoms with Crippen molar-refractivity contribution in [1.29, 1.82) is 5.26 Å². The molecule has 0 spiro atoms. The molecule has 1 amide bonds. The highest BCUT2D eigenvalue weighted by molar-refractivity contribution is 7.23. The number of likely N-dealkylation sites (N-methyl/N-ethyl adjacent to an activating group) is 1. The number of nitriles is 1. The zero-order valence-corrected chi connectivity index (χ0v) is 31.9. The van der Waals surface area contributed by atoms with Gasteiger partial charge in [0.05, 0.1) is 21.9 Å².